The SMILES string of the molecule is CCCn1nnnc1COc1ccc(-c2noc(C3CC3)n2)cc1. The second-order valence-electron chi connectivity index (χ2n) is 5.86. The Morgan fingerprint density at radius 2 is 2.08 bits per heavy atom. The number of ether oxygens (including phenoxy) is 1. The van der Waals surface area contributed by atoms with Gasteiger partial charge in [-0.05, 0) is 54.0 Å². The lowest BCUT2D eigenvalue weighted by Crippen LogP contribution is -2.08. The molecule has 0 N–H and O–H groups in total. The maximum absolute atomic E-state index is 5.75. The first-order chi connectivity index (χ1) is 11.8. The maximum atomic E-state index is 5.75. The van der Waals surface area contributed by atoms with E-state index in [2.05, 4.69) is 32.6 Å². The standard InChI is InChI=1S/C16H18N6O2/c1-2-9-22-14(18-20-21-22)10-23-13-7-5-11(6-8-13)15-17-16(24-19-15)12-3-4-12/h5-8,12H,2-4,9-10H2,1H3. The van der Waals surface area contributed by atoms with Crippen LogP contribution in [-0.4, -0.2) is 30.3 Å². The average molecular weight is 326 g/mol. The molecule has 1 aliphatic carbocycles. The van der Waals surface area contributed by atoms with E-state index in [0.29, 0.717) is 24.2 Å². The summed E-state index contributed by atoms with van der Waals surface area (Å²) in [4.78, 5) is 4.44. The van der Waals surface area contributed by atoms with Gasteiger partial charge in [-0.3, -0.25) is 0 Å². The van der Waals surface area contributed by atoms with Gasteiger partial charge in [0.05, 0.1) is 0 Å². The number of tetrazole rings is 1. The fourth-order valence-electron chi connectivity index (χ4n) is 2.41. The van der Waals surface area contributed by atoms with Gasteiger partial charge in [0.25, 0.3) is 0 Å². The van der Waals surface area contributed by atoms with Crippen LogP contribution in [0.4, 0.5) is 0 Å². The van der Waals surface area contributed by atoms with Crippen LogP contribution in [0, 0.1) is 0 Å². The Balaban J connectivity index is 1.40. The second-order valence-corrected chi connectivity index (χ2v) is 5.86. The number of rotatable bonds is 7. The smallest absolute Gasteiger partial charge is 0.230 e. The molecule has 2 aromatic heterocycles. The van der Waals surface area contributed by atoms with Crippen LogP contribution in [0.15, 0.2) is 28.8 Å². The molecule has 0 amide bonds. The Labute approximate surface area is 138 Å². The molecule has 2 heterocycles. The van der Waals surface area contributed by atoms with Crippen molar-refractivity contribution in [3.63, 3.8) is 0 Å². The third kappa shape index (κ3) is 3.12. The van der Waals surface area contributed by atoms with Gasteiger partial charge in [-0.25, -0.2) is 4.68 Å². The largest absolute Gasteiger partial charge is 0.486 e. The summed E-state index contributed by atoms with van der Waals surface area (Å²) < 4.78 is 12.8. The molecule has 0 bridgehead atoms. The van der Waals surface area contributed by atoms with E-state index in [1.165, 1.54) is 0 Å². The molecule has 0 radical (unpaired) electrons. The van der Waals surface area contributed by atoms with Gasteiger partial charge in [0.15, 0.2) is 5.82 Å². The Morgan fingerprint density at radius 1 is 1.25 bits per heavy atom. The summed E-state index contributed by atoms with van der Waals surface area (Å²) >= 11 is 0. The topological polar surface area (TPSA) is 91.8 Å². The number of benzene rings is 1. The highest BCUT2D eigenvalue weighted by Crippen LogP contribution is 2.39. The minimum absolute atomic E-state index is 0.334. The van der Waals surface area contributed by atoms with Crippen LogP contribution in [0.25, 0.3) is 11.4 Å². The van der Waals surface area contributed by atoms with Crippen molar-refractivity contribution in [1.82, 2.24) is 30.3 Å². The minimum Gasteiger partial charge on any atom is -0.486 e. The molecule has 8 nitrogen and oxygen atoms in total. The lowest BCUT2D eigenvalue weighted by molar-refractivity contribution is 0.286. The van der Waals surface area contributed by atoms with Crippen LogP contribution >= 0.6 is 0 Å². The molecule has 1 aromatic carbocycles. The van der Waals surface area contributed by atoms with Crippen LogP contribution in [0.1, 0.15) is 43.8 Å². The first kappa shape index (κ1) is 14.8. The van der Waals surface area contributed by atoms with Crippen molar-refractivity contribution in [1.29, 1.82) is 0 Å². The monoisotopic (exact) mass is 326 g/mol. The molecular formula is C16H18N6O2. The van der Waals surface area contributed by atoms with Crippen LogP contribution in [0.2, 0.25) is 0 Å². The third-order valence-corrected chi connectivity index (χ3v) is 3.89. The summed E-state index contributed by atoms with van der Waals surface area (Å²) in [6.07, 6.45) is 3.26. The van der Waals surface area contributed by atoms with Gasteiger partial charge >= 0.3 is 0 Å². The molecule has 24 heavy (non-hydrogen) atoms. The van der Waals surface area contributed by atoms with Crippen molar-refractivity contribution in [3.8, 4) is 17.1 Å². The van der Waals surface area contributed by atoms with Crippen molar-refractivity contribution in [2.24, 2.45) is 0 Å². The summed E-state index contributed by atoms with van der Waals surface area (Å²) in [6, 6.07) is 7.62. The van der Waals surface area contributed by atoms with Gasteiger partial charge in [0.1, 0.15) is 12.4 Å². The number of aryl methyl sites for hydroxylation is 1. The van der Waals surface area contributed by atoms with Gasteiger partial charge < -0.3 is 9.26 Å². The lowest BCUT2D eigenvalue weighted by atomic mass is 10.2. The van der Waals surface area contributed by atoms with E-state index in [0.717, 1.165) is 43.0 Å². The van der Waals surface area contributed by atoms with Crippen molar-refractivity contribution < 1.29 is 9.26 Å². The second kappa shape index (κ2) is 6.38. The summed E-state index contributed by atoms with van der Waals surface area (Å²) in [6.45, 7) is 3.20. The molecule has 0 atom stereocenters. The maximum Gasteiger partial charge on any atom is 0.230 e. The molecule has 3 aromatic rings. The zero-order valence-corrected chi connectivity index (χ0v) is 13.4. The highest BCUT2D eigenvalue weighted by Gasteiger charge is 2.29. The van der Waals surface area contributed by atoms with Gasteiger partial charge in [0, 0.05) is 18.0 Å². The first-order valence-electron chi connectivity index (χ1n) is 8.15. The molecule has 124 valence electrons. The predicted molar refractivity (Wildman–Crippen MR) is 84.1 cm³/mol. The van der Waals surface area contributed by atoms with E-state index in [9.17, 15) is 0 Å². The zero-order chi connectivity index (χ0) is 16.4. The Hall–Kier alpha value is -2.77. The van der Waals surface area contributed by atoms with E-state index < -0.39 is 0 Å². The Kier molecular flexibility index (Phi) is 3.94. The van der Waals surface area contributed by atoms with E-state index in [4.69, 9.17) is 9.26 Å². The quantitative estimate of drug-likeness (QED) is 0.659. The zero-order valence-electron chi connectivity index (χ0n) is 13.4. The molecule has 1 saturated carbocycles. The van der Waals surface area contributed by atoms with Crippen molar-refractivity contribution in [2.45, 2.75) is 45.3 Å². The molecule has 1 aliphatic rings. The van der Waals surface area contributed by atoms with Crippen LogP contribution in [0.3, 0.4) is 0 Å². The van der Waals surface area contributed by atoms with Gasteiger partial charge in [-0.1, -0.05) is 12.1 Å². The van der Waals surface area contributed by atoms with Gasteiger partial charge in [-0.15, -0.1) is 5.10 Å². The first-order valence-corrected chi connectivity index (χ1v) is 8.15. The van der Waals surface area contributed by atoms with Gasteiger partial charge in [-0.2, -0.15) is 4.98 Å². The van der Waals surface area contributed by atoms with E-state index in [1.807, 2.05) is 24.3 Å². The van der Waals surface area contributed by atoms with E-state index >= 15 is 0 Å². The minimum atomic E-state index is 0.334. The van der Waals surface area contributed by atoms with Crippen LogP contribution < -0.4 is 4.74 Å². The molecule has 0 spiro atoms. The molecule has 0 unspecified atom stereocenters. The number of hydrogen-bond donors (Lipinski definition) is 0. The third-order valence-electron chi connectivity index (χ3n) is 3.89. The van der Waals surface area contributed by atoms with E-state index in [1.54, 1.807) is 4.68 Å². The predicted octanol–water partition coefficient (Wildman–Crippen LogP) is 2.59. The highest BCUT2D eigenvalue weighted by molar-refractivity contribution is 5.55. The number of hydrogen-bond acceptors (Lipinski definition) is 7. The van der Waals surface area contributed by atoms with Crippen molar-refractivity contribution in [2.75, 3.05) is 0 Å². The highest BCUT2D eigenvalue weighted by atomic mass is 16.5. The van der Waals surface area contributed by atoms with Crippen LogP contribution in [0.5, 0.6) is 5.75 Å². The van der Waals surface area contributed by atoms with Crippen molar-refractivity contribution >= 4 is 0 Å². The fraction of sp³-hybridized carbons (Fsp3) is 0.438. The van der Waals surface area contributed by atoms with Crippen molar-refractivity contribution in [3.05, 3.63) is 36.0 Å². The molecule has 0 aliphatic heterocycles. The lowest BCUT2D eigenvalue weighted by Gasteiger charge is -2.06. The molecule has 1 fully saturated rings. The fourth-order valence-corrected chi connectivity index (χ4v) is 2.41. The molecule has 8 heteroatoms. The number of aromatic nitrogens is 6. The normalized spacial score (nSPS) is 14.0. The summed E-state index contributed by atoms with van der Waals surface area (Å²) in [7, 11) is 0. The Morgan fingerprint density at radius 3 is 2.83 bits per heavy atom. The summed E-state index contributed by atoms with van der Waals surface area (Å²) in [5, 5.41) is 15.7. The molecule has 0 saturated heterocycles. The van der Waals surface area contributed by atoms with E-state index in [-0.39, 0.29) is 0 Å². The Bertz CT molecular complexity index is 806. The summed E-state index contributed by atoms with van der Waals surface area (Å²) in [5.41, 5.74) is 0.911. The average Bonchev–Trinajstić information content (AvgIpc) is 3.17. The summed E-state index contributed by atoms with van der Waals surface area (Å²) in [5.74, 6) is 3.29. The van der Waals surface area contributed by atoms with Crippen LogP contribution in [-0.2, 0) is 13.2 Å². The molecule has 4 rings (SSSR count). The van der Waals surface area contributed by atoms with Gasteiger partial charge in [0.2, 0.25) is 11.7 Å². The molecular weight excluding hydrogens is 308 g/mol. The number of nitrogens with zero attached hydrogens (tertiary/aromatic N) is 6.